The summed E-state index contributed by atoms with van der Waals surface area (Å²) in [4.78, 5) is 11.0. The van der Waals surface area contributed by atoms with Gasteiger partial charge in [-0.1, -0.05) is 12.1 Å². The molecule has 0 spiro atoms. The zero-order valence-electron chi connectivity index (χ0n) is 15.6. The molecule has 2 rings (SSSR count). The molecule has 0 saturated heterocycles. The van der Waals surface area contributed by atoms with Crippen LogP contribution in [0.2, 0.25) is 0 Å². The van der Waals surface area contributed by atoms with Crippen LogP contribution in [0.4, 0.5) is 5.69 Å². The molecule has 27 heavy (non-hydrogen) atoms. The van der Waals surface area contributed by atoms with Crippen molar-refractivity contribution in [2.45, 2.75) is 25.2 Å². The van der Waals surface area contributed by atoms with Crippen LogP contribution in [0.5, 0.6) is 11.5 Å². The minimum Gasteiger partial charge on any atom is -0.493 e. The number of nitro groups is 1. The summed E-state index contributed by atoms with van der Waals surface area (Å²) in [6.07, 6.45) is 0.126. The summed E-state index contributed by atoms with van der Waals surface area (Å²) in [6.45, 7) is 3.53. The monoisotopic (exact) mass is 394 g/mol. The first-order chi connectivity index (χ1) is 12.7. The average molecular weight is 394 g/mol. The molecule has 0 amide bonds. The predicted molar refractivity (Wildman–Crippen MR) is 101 cm³/mol. The van der Waals surface area contributed by atoms with Gasteiger partial charge in [-0.05, 0) is 43.5 Å². The van der Waals surface area contributed by atoms with Gasteiger partial charge < -0.3 is 9.47 Å². The molecule has 0 heterocycles. The molecular formula is C18H22N2O6S. The van der Waals surface area contributed by atoms with E-state index in [1.165, 1.54) is 26.4 Å². The predicted octanol–water partition coefficient (Wildman–Crippen LogP) is 2.75. The molecule has 0 aromatic heterocycles. The maximum absolute atomic E-state index is 12.5. The third-order valence-corrected chi connectivity index (χ3v) is 5.70. The van der Waals surface area contributed by atoms with Crippen molar-refractivity contribution >= 4 is 15.7 Å². The molecule has 0 radical (unpaired) electrons. The van der Waals surface area contributed by atoms with E-state index >= 15 is 0 Å². The lowest BCUT2D eigenvalue weighted by atomic mass is 10.1. The molecule has 0 fully saturated rings. The molecule has 2 aromatic rings. The first-order valence-electron chi connectivity index (χ1n) is 8.15. The lowest BCUT2D eigenvalue weighted by molar-refractivity contribution is -0.385. The van der Waals surface area contributed by atoms with Gasteiger partial charge in [0.25, 0.3) is 5.69 Å². The van der Waals surface area contributed by atoms with Gasteiger partial charge in [0, 0.05) is 12.1 Å². The maximum atomic E-state index is 12.5. The van der Waals surface area contributed by atoms with Crippen LogP contribution in [-0.4, -0.2) is 34.1 Å². The number of nitrogens with zero attached hydrogens (tertiary/aromatic N) is 1. The van der Waals surface area contributed by atoms with Crippen LogP contribution in [0.1, 0.15) is 16.7 Å². The molecule has 1 N–H and O–H groups in total. The Hall–Kier alpha value is -2.65. The van der Waals surface area contributed by atoms with E-state index in [-0.39, 0.29) is 29.3 Å². The van der Waals surface area contributed by atoms with Crippen molar-refractivity contribution in [2.75, 3.05) is 20.8 Å². The summed E-state index contributed by atoms with van der Waals surface area (Å²) in [5.41, 5.74) is 1.65. The van der Waals surface area contributed by atoms with Gasteiger partial charge in [-0.25, -0.2) is 13.1 Å². The van der Waals surface area contributed by atoms with Gasteiger partial charge in [0.15, 0.2) is 11.5 Å². The number of sulfonamides is 1. The molecule has 2 aromatic carbocycles. The first-order valence-corrected chi connectivity index (χ1v) is 9.64. The Morgan fingerprint density at radius 1 is 1.07 bits per heavy atom. The van der Waals surface area contributed by atoms with Gasteiger partial charge in [0.05, 0.1) is 30.1 Å². The fourth-order valence-electron chi connectivity index (χ4n) is 2.68. The smallest absolute Gasteiger partial charge is 0.276 e. The van der Waals surface area contributed by atoms with Crippen LogP contribution in [0.25, 0.3) is 0 Å². The van der Waals surface area contributed by atoms with E-state index in [1.807, 2.05) is 13.0 Å². The number of aryl methyl sites for hydroxylation is 2. The quantitative estimate of drug-likeness (QED) is 0.545. The molecule has 0 aliphatic carbocycles. The van der Waals surface area contributed by atoms with Gasteiger partial charge in [0.1, 0.15) is 0 Å². The topological polar surface area (TPSA) is 108 Å². The maximum Gasteiger partial charge on any atom is 0.276 e. The van der Waals surface area contributed by atoms with E-state index < -0.39 is 14.9 Å². The van der Waals surface area contributed by atoms with Gasteiger partial charge in [-0.2, -0.15) is 0 Å². The summed E-state index contributed by atoms with van der Waals surface area (Å²) >= 11 is 0. The number of benzene rings is 2. The summed E-state index contributed by atoms with van der Waals surface area (Å²) in [7, 11) is -0.905. The lowest BCUT2D eigenvalue weighted by Gasteiger charge is -2.12. The molecule has 146 valence electrons. The van der Waals surface area contributed by atoms with Crippen molar-refractivity contribution in [3.8, 4) is 11.5 Å². The number of nitro benzene ring substituents is 1. The lowest BCUT2D eigenvalue weighted by Crippen LogP contribution is -2.27. The van der Waals surface area contributed by atoms with Crippen molar-refractivity contribution in [1.29, 1.82) is 0 Å². The zero-order valence-corrected chi connectivity index (χ0v) is 16.4. The van der Waals surface area contributed by atoms with Crippen LogP contribution in [0.3, 0.4) is 0 Å². The van der Waals surface area contributed by atoms with Crippen LogP contribution in [0, 0.1) is 24.0 Å². The van der Waals surface area contributed by atoms with E-state index in [0.717, 1.165) is 5.56 Å². The second-order valence-electron chi connectivity index (χ2n) is 6.01. The van der Waals surface area contributed by atoms with Crippen molar-refractivity contribution in [2.24, 2.45) is 0 Å². The molecule has 0 aliphatic heterocycles. The molecule has 0 bridgehead atoms. The third-order valence-electron chi connectivity index (χ3n) is 4.10. The van der Waals surface area contributed by atoms with Crippen molar-refractivity contribution in [1.82, 2.24) is 4.72 Å². The second kappa shape index (κ2) is 8.36. The largest absolute Gasteiger partial charge is 0.493 e. The fourth-order valence-corrected chi connectivity index (χ4v) is 4.03. The highest BCUT2D eigenvalue weighted by atomic mass is 32.2. The van der Waals surface area contributed by atoms with Crippen LogP contribution < -0.4 is 14.2 Å². The molecule has 8 nitrogen and oxygen atoms in total. The second-order valence-corrected chi connectivity index (χ2v) is 7.75. The Labute approximate surface area is 158 Å². The van der Waals surface area contributed by atoms with Crippen molar-refractivity contribution < 1.29 is 22.8 Å². The Bertz CT molecular complexity index is 957. The van der Waals surface area contributed by atoms with Crippen LogP contribution in [-0.2, 0) is 16.4 Å². The van der Waals surface area contributed by atoms with E-state index in [4.69, 9.17) is 9.47 Å². The first kappa shape index (κ1) is 20.7. The summed E-state index contributed by atoms with van der Waals surface area (Å²) in [5.74, 6) is 0.583. The number of hydrogen-bond donors (Lipinski definition) is 1. The van der Waals surface area contributed by atoms with E-state index in [2.05, 4.69) is 4.72 Å². The highest BCUT2D eigenvalue weighted by Crippen LogP contribution is 2.34. The third kappa shape index (κ3) is 4.75. The fraction of sp³-hybridized carbons (Fsp3) is 0.333. The average Bonchev–Trinajstić information content (AvgIpc) is 2.62. The molecule has 0 aliphatic rings. The SMILES string of the molecule is COc1cc(CCNS(=O)(=O)c2cc(C)ccc2C)c([N+](=O)[O-])cc1OC. The molecular weight excluding hydrogens is 372 g/mol. The Morgan fingerprint density at radius 2 is 1.70 bits per heavy atom. The van der Waals surface area contributed by atoms with Crippen LogP contribution >= 0.6 is 0 Å². The number of ether oxygens (including phenoxy) is 2. The molecule has 0 atom stereocenters. The van der Waals surface area contributed by atoms with Crippen molar-refractivity contribution in [3.63, 3.8) is 0 Å². The summed E-state index contributed by atoms with van der Waals surface area (Å²) < 4.78 is 37.9. The Morgan fingerprint density at radius 3 is 2.30 bits per heavy atom. The molecule has 0 saturated carbocycles. The molecule has 9 heteroatoms. The minimum atomic E-state index is -3.72. The number of hydrogen-bond acceptors (Lipinski definition) is 6. The summed E-state index contributed by atoms with van der Waals surface area (Å²) in [6, 6.07) is 7.93. The van der Waals surface area contributed by atoms with E-state index in [1.54, 1.807) is 19.1 Å². The highest BCUT2D eigenvalue weighted by molar-refractivity contribution is 7.89. The van der Waals surface area contributed by atoms with Gasteiger partial charge >= 0.3 is 0 Å². The molecule has 0 unspecified atom stereocenters. The van der Waals surface area contributed by atoms with Gasteiger partial charge in [-0.3, -0.25) is 10.1 Å². The zero-order chi connectivity index (χ0) is 20.2. The Kier molecular flexibility index (Phi) is 6.40. The highest BCUT2D eigenvalue weighted by Gasteiger charge is 2.21. The normalized spacial score (nSPS) is 11.3. The number of rotatable bonds is 8. The van der Waals surface area contributed by atoms with Gasteiger partial charge in [-0.15, -0.1) is 0 Å². The van der Waals surface area contributed by atoms with Crippen molar-refractivity contribution in [3.05, 3.63) is 57.1 Å². The Balaban J connectivity index is 2.23. The van der Waals surface area contributed by atoms with E-state index in [0.29, 0.717) is 16.9 Å². The number of methoxy groups -OCH3 is 2. The van der Waals surface area contributed by atoms with E-state index in [9.17, 15) is 18.5 Å². The standard InChI is InChI=1S/C18H22N2O6S/c1-12-5-6-13(2)18(9-12)27(23,24)19-8-7-14-10-16(25-3)17(26-4)11-15(14)20(21)22/h5-6,9-11,19H,7-8H2,1-4H3. The summed E-state index contributed by atoms with van der Waals surface area (Å²) in [5, 5.41) is 11.3. The van der Waals surface area contributed by atoms with Gasteiger partial charge in [0.2, 0.25) is 10.0 Å². The van der Waals surface area contributed by atoms with Crippen LogP contribution in [0.15, 0.2) is 35.2 Å². The minimum absolute atomic E-state index is 0.00599. The number of nitrogens with one attached hydrogen (secondary N) is 1.